The number of aromatic amines is 2. The van der Waals surface area contributed by atoms with Crippen molar-refractivity contribution in [2.24, 2.45) is 23.7 Å². The van der Waals surface area contributed by atoms with Crippen molar-refractivity contribution in [2.75, 3.05) is 13.2 Å². The number of H-pyrrole nitrogens is 2. The minimum Gasteiger partial charge on any atom is -0.481 e. The van der Waals surface area contributed by atoms with Crippen molar-refractivity contribution < 1.29 is 283 Å². The Morgan fingerprint density at radius 3 is 0.904 bits per heavy atom. The van der Waals surface area contributed by atoms with Crippen molar-refractivity contribution in [3.05, 3.63) is 229 Å². The van der Waals surface area contributed by atoms with E-state index in [4.69, 9.17) is 19.7 Å². The summed E-state index contributed by atoms with van der Waals surface area (Å²) in [5.41, 5.74) is 13.8. The average molecular weight is 1920 g/mol. The summed E-state index contributed by atoms with van der Waals surface area (Å²) in [5.74, 6) is -5.63. The Hall–Kier alpha value is -7.60. The molecule has 0 fully saturated rings. The molecule has 4 amide bonds. The summed E-state index contributed by atoms with van der Waals surface area (Å²) >= 11 is 0. The number of carboxylic acid groups (broad SMARTS) is 4. The van der Waals surface area contributed by atoms with E-state index in [2.05, 4.69) is 51.9 Å². The van der Waals surface area contributed by atoms with Crippen LogP contribution in [0.2, 0.25) is 0 Å². The number of esters is 2. The van der Waals surface area contributed by atoms with Gasteiger partial charge in [-0.05, 0) is 141 Å². The summed E-state index contributed by atoms with van der Waals surface area (Å²) in [4.78, 5) is 122. The quantitative estimate of drug-likeness (QED) is 0.0130. The number of hydrogen-bond donors (Lipinski definition) is 8. The Kier molecular flexibility index (Phi) is 74.0. The third kappa shape index (κ3) is 46.8. The molecule has 33 nitrogen and oxygen atoms in total. The van der Waals surface area contributed by atoms with Crippen LogP contribution in [0.5, 0.6) is 0 Å². The molecule has 696 valence electrons. The molecule has 0 radical (unpaired) electrons. The smallest absolute Gasteiger partial charge is 0.481 e. The number of nitrogens with zero attached hydrogens (tertiary/aromatic N) is 8. The fourth-order valence-corrected chi connectivity index (χ4v) is 14.1. The molecule has 6 atom stereocenters. The number of benzene rings is 8. The number of tetrazole rings is 2. The van der Waals surface area contributed by atoms with E-state index >= 15 is 0 Å². The molecule has 0 spiro atoms. The maximum absolute atomic E-state index is 12.9. The van der Waals surface area contributed by atoms with Crippen LogP contribution in [-0.4, -0.2) is 196 Å². The minimum atomic E-state index is -1.02. The molecule has 0 saturated carbocycles. The van der Waals surface area contributed by atoms with E-state index in [0.717, 1.165) is 104 Å². The molecular weight excluding hydrogens is 1800 g/mol. The van der Waals surface area contributed by atoms with Gasteiger partial charge < -0.3 is 77.7 Å². The van der Waals surface area contributed by atoms with E-state index in [1.54, 1.807) is 27.7 Å². The zero-order chi connectivity index (χ0) is 90.0. The zero-order valence-corrected chi connectivity index (χ0v) is 92.7. The first kappa shape index (κ1) is 136. The second-order valence-corrected chi connectivity index (χ2v) is 30.9. The molecule has 39 heteroatoms. The second kappa shape index (κ2) is 73.5. The van der Waals surface area contributed by atoms with Crippen LogP contribution < -0.4 is 188 Å². The summed E-state index contributed by atoms with van der Waals surface area (Å²) in [5, 5.41) is 71.4. The predicted molar refractivity (Wildman–Crippen MR) is 490 cm³/mol. The minimum absolute atomic E-state index is 0. The van der Waals surface area contributed by atoms with E-state index in [0.29, 0.717) is 63.4 Å². The number of carbonyl (C=O) groups excluding carboxylic acids is 6. The first-order valence-corrected chi connectivity index (χ1v) is 42.1. The van der Waals surface area contributed by atoms with Crippen LogP contribution in [0.25, 0.3) is 67.3 Å². The molecule has 2 heterocycles. The van der Waals surface area contributed by atoms with Crippen molar-refractivity contribution in [1.82, 2.24) is 61.7 Å². The summed E-state index contributed by atoms with van der Waals surface area (Å²) in [6.07, 6.45) is 5.23. The number of amides is 4. The number of carboxylic acids is 4. The monoisotopic (exact) mass is 1920 g/mol. The molecule has 10 aromatic rings. The number of ether oxygens (including phenoxy) is 2. The van der Waals surface area contributed by atoms with Crippen LogP contribution >= 0.6 is 0 Å². The normalized spacial score (nSPS) is 11.3. The van der Waals surface area contributed by atoms with Gasteiger partial charge in [-0.2, -0.15) is 10.4 Å². The summed E-state index contributed by atoms with van der Waals surface area (Å²) in [7, 11) is 0. The molecule has 0 aliphatic rings. The van der Waals surface area contributed by atoms with Gasteiger partial charge in [-0.3, -0.25) is 38.4 Å². The predicted octanol–water partition coefficient (Wildman–Crippen LogP) is -6.11. The van der Waals surface area contributed by atoms with Gasteiger partial charge in [0.2, 0.25) is 35.3 Å². The van der Waals surface area contributed by atoms with Gasteiger partial charge in [0.15, 0.2) is 0 Å². The van der Waals surface area contributed by atoms with Crippen molar-refractivity contribution in [3.63, 3.8) is 0 Å². The van der Waals surface area contributed by atoms with Crippen LogP contribution in [0.15, 0.2) is 206 Å². The van der Waals surface area contributed by atoms with Gasteiger partial charge in [0.1, 0.15) is 12.1 Å². The average Bonchev–Trinajstić information content (AvgIpc) is 1.75. The Balaban J connectivity index is -0.000000542. The largest absolute Gasteiger partial charge is 1.00 e. The first-order valence-electron chi connectivity index (χ1n) is 42.1. The number of hydrogen-bond acceptors (Lipinski definition) is 18. The maximum Gasteiger partial charge on any atom is 1.00 e. The summed E-state index contributed by atoms with van der Waals surface area (Å²) < 4.78 is 10.1. The zero-order valence-electron chi connectivity index (χ0n) is 80.7. The third-order valence-electron chi connectivity index (χ3n) is 20.4. The molecule has 0 bridgehead atoms. The SMILES string of the molecule is CCCCC(=O)N(Cc1ccc(-c2ccccc2-c2nn[nH]n2)cc1)[C@H](C(=O)O)C(C)C.CCCCC(=O)N(Cc1ccc(-c2ccccc2-c2nn[nH]n2)cc1)[C@H](C(=O)O)C(C)C.CCOC(=O)[C@H](C)C[C@@H](Cc1ccc(-c2ccccc2)cc1)NC(=O)CCC(=O)O.CCOC(=O)[C@H](C)C[C@@H](Cc1ccc(-c2ccccc2)cc1)NC(=O)CCC(=O)O.O.O.O.O.O.[Na+].[Na+].[Na+].[Na+].[Na+].[Na+]. The van der Waals surface area contributed by atoms with Crippen molar-refractivity contribution in [2.45, 2.75) is 196 Å². The molecule has 0 aliphatic heterocycles. The molecule has 18 N–H and O–H groups in total. The molecular formula is C96H126N12Na6O21+6. The van der Waals surface area contributed by atoms with Crippen LogP contribution in [0, 0.1) is 23.7 Å². The van der Waals surface area contributed by atoms with E-state index < -0.39 is 36.0 Å². The Morgan fingerprint density at radius 1 is 0.356 bits per heavy atom. The van der Waals surface area contributed by atoms with Gasteiger partial charge in [-0.1, -0.05) is 274 Å². The number of rotatable bonds is 42. The van der Waals surface area contributed by atoms with Gasteiger partial charge in [-0.15, -0.1) is 20.4 Å². The maximum atomic E-state index is 12.9. The number of aliphatic carboxylic acids is 4. The van der Waals surface area contributed by atoms with Crippen molar-refractivity contribution >= 4 is 59.4 Å². The van der Waals surface area contributed by atoms with Gasteiger partial charge in [-0.25, -0.2) is 9.59 Å². The molecule has 0 saturated heterocycles. The second-order valence-electron chi connectivity index (χ2n) is 30.9. The topological polar surface area (TPSA) is 567 Å². The van der Waals surface area contributed by atoms with Crippen LogP contribution in [0.1, 0.15) is 169 Å². The van der Waals surface area contributed by atoms with Gasteiger partial charge >= 0.3 is 213 Å². The number of unbranched alkanes of at least 4 members (excludes halogenated alkanes) is 2. The fraction of sp³-hybridized carbons (Fsp3) is 0.375. The molecule has 2 aromatic heterocycles. The van der Waals surface area contributed by atoms with Crippen LogP contribution in [0.4, 0.5) is 0 Å². The summed E-state index contributed by atoms with van der Waals surface area (Å²) in [6, 6.07) is 65.1. The Morgan fingerprint density at radius 2 is 0.637 bits per heavy atom. The van der Waals surface area contributed by atoms with Crippen LogP contribution in [-0.2, 0) is 83.4 Å². The molecule has 8 aromatic carbocycles. The van der Waals surface area contributed by atoms with Crippen molar-refractivity contribution in [3.8, 4) is 67.3 Å². The molecule has 10 rings (SSSR count). The molecule has 0 aliphatic carbocycles. The van der Waals surface area contributed by atoms with Crippen molar-refractivity contribution in [1.29, 1.82) is 0 Å². The van der Waals surface area contributed by atoms with Gasteiger partial charge in [0, 0.05) is 62.0 Å². The standard InChI is InChI=1S/2C24H29N5O3.2C24H29NO5.6Na.5H2O/c2*1-4-5-10-21(30)29(22(16(2)3)24(31)32)15-17-11-13-18(14-12-17)19-8-6-7-9-20(19)23-25-27-28-26-23;2*1-3-30-24(29)17(2)15-21(25-22(26)13-14-23(27)28)16-18-9-11-20(12-10-18)19-7-5-4-6-8-19;;;;;;;;;;;/h2*6-9,11-14,16,22H,4-5,10,15H2,1-3H3,(H,31,32)(H,25,26,27,28);2*4-12,17,21H,3,13-16H2,1-2H3,(H,25,26)(H,27,28);;;;;;;5*1H2/q;;;;6*+1;;;;;/t2*22-;2*17-,21+;;;;;;;;;;;/m0011.........../s1. The molecule has 135 heavy (non-hydrogen) atoms. The Labute approximate surface area is 922 Å². The summed E-state index contributed by atoms with van der Waals surface area (Å²) in [6.45, 7) is 19.5. The molecule has 0 unspecified atom stereocenters. The fourth-order valence-electron chi connectivity index (χ4n) is 14.1. The number of carbonyl (C=O) groups is 10. The Bertz CT molecular complexity index is 4720. The number of nitrogens with one attached hydrogen (secondary N) is 4. The van der Waals surface area contributed by atoms with Gasteiger partial charge in [0.25, 0.3) is 0 Å². The van der Waals surface area contributed by atoms with E-state index in [1.165, 1.54) is 9.80 Å². The third-order valence-corrected chi connectivity index (χ3v) is 20.4. The first-order chi connectivity index (χ1) is 59.6. The van der Waals surface area contributed by atoms with E-state index in [9.17, 15) is 58.2 Å². The van der Waals surface area contributed by atoms with E-state index in [-0.39, 0.29) is 315 Å². The van der Waals surface area contributed by atoms with Crippen LogP contribution in [0.3, 0.4) is 0 Å². The van der Waals surface area contributed by atoms with E-state index in [1.807, 2.05) is 248 Å². The van der Waals surface area contributed by atoms with Gasteiger partial charge in [0.05, 0.1) is 37.9 Å². The number of aromatic nitrogens is 8.